The van der Waals surface area contributed by atoms with Gasteiger partial charge in [-0.1, -0.05) is 37.3 Å². The third-order valence-corrected chi connectivity index (χ3v) is 4.58. The maximum Gasteiger partial charge on any atom is 0.315 e. The number of hydrogen-bond donors (Lipinski definition) is 3. The van der Waals surface area contributed by atoms with E-state index in [1.807, 2.05) is 24.3 Å². The van der Waals surface area contributed by atoms with Gasteiger partial charge in [-0.25, -0.2) is 13.6 Å². The lowest BCUT2D eigenvalue weighted by atomic mass is 10.0. The van der Waals surface area contributed by atoms with E-state index in [4.69, 9.17) is 0 Å². The minimum Gasteiger partial charge on any atom is -0.386 e. The molecular weight excluding hydrogens is 326 g/mol. The summed E-state index contributed by atoms with van der Waals surface area (Å²) < 4.78 is 27.3. The van der Waals surface area contributed by atoms with Crippen LogP contribution in [0.2, 0.25) is 0 Å². The molecule has 3 N–H and O–H groups in total. The Morgan fingerprint density at radius 3 is 2.60 bits per heavy atom. The van der Waals surface area contributed by atoms with Crippen molar-refractivity contribution in [1.29, 1.82) is 0 Å². The maximum absolute atomic E-state index is 13.6. The Morgan fingerprint density at radius 2 is 1.88 bits per heavy atom. The molecule has 132 valence electrons. The highest BCUT2D eigenvalue weighted by molar-refractivity contribution is 5.74. The smallest absolute Gasteiger partial charge is 0.315 e. The summed E-state index contributed by atoms with van der Waals surface area (Å²) in [5.74, 6) is -1.43. The molecule has 1 aliphatic rings. The summed E-state index contributed by atoms with van der Waals surface area (Å²) in [5, 5.41) is 15.3. The lowest BCUT2D eigenvalue weighted by Crippen LogP contribution is -2.40. The van der Waals surface area contributed by atoms with Crippen LogP contribution in [0, 0.1) is 17.6 Å². The second-order valence-electron chi connectivity index (χ2n) is 6.36. The Morgan fingerprint density at radius 1 is 1.20 bits per heavy atom. The Kier molecular flexibility index (Phi) is 4.99. The van der Waals surface area contributed by atoms with Crippen molar-refractivity contribution in [1.82, 2.24) is 10.6 Å². The average molecular weight is 346 g/mol. The number of hydrogen-bond acceptors (Lipinski definition) is 2. The van der Waals surface area contributed by atoms with Gasteiger partial charge in [0.25, 0.3) is 0 Å². The molecule has 3 atom stereocenters. The molecule has 0 radical (unpaired) electrons. The number of benzene rings is 2. The van der Waals surface area contributed by atoms with Crippen molar-refractivity contribution < 1.29 is 18.7 Å². The number of carbonyl (C=O) groups excluding carboxylic acids is 1. The van der Waals surface area contributed by atoms with Crippen LogP contribution in [0.3, 0.4) is 0 Å². The monoisotopic (exact) mass is 346 g/mol. The summed E-state index contributed by atoms with van der Waals surface area (Å²) in [5.41, 5.74) is 1.84. The van der Waals surface area contributed by atoms with E-state index in [1.54, 1.807) is 0 Å². The largest absolute Gasteiger partial charge is 0.386 e. The van der Waals surface area contributed by atoms with Crippen LogP contribution >= 0.6 is 0 Å². The molecule has 25 heavy (non-hydrogen) atoms. The van der Waals surface area contributed by atoms with Crippen molar-refractivity contribution in [3.05, 3.63) is 70.8 Å². The standard InChI is InChI=1S/C19H20F2N2O2/c1-11-9-12-5-2-3-6-13(12)18(11)23-19(25)22-10-16(24)17-14(20)7-4-8-15(17)21/h2-8,11,16,18,24H,9-10H2,1H3,(H2,22,23,25). The van der Waals surface area contributed by atoms with Crippen molar-refractivity contribution in [3.63, 3.8) is 0 Å². The Bertz CT molecular complexity index is 762. The van der Waals surface area contributed by atoms with Gasteiger partial charge >= 0.3 is 6.03 Å². The van der Waals surface area contributed by atoms with E-state index in [2.05, 4.69) is 17.6 Å². The molecule has 2 aromatic carbocycles. The third kappa shape index (κ3) is 3.64. The molecule has 0 aliphatic heterocycles. The lowest BCUT2D eigenvalue weighted by molar-refractivity contribution is 0.163. The van der Waals surface area contributed by atoms with E-state index in [0.29, 0.717) is 0 Å². The Labute approximate surface area is 144 Å². The molecule has 0 saturated carbocycles. The highest BCUT2D eigenvalue weighted by atomic mass is 19.1. The molecule has 4 nitrogen and oxygen atoms in total. The minimum atomic E-state index is -1.46. The zero-order chi connectivity index (χ0) is 18.0. The summed E-state index contributed by atoms with van der Waals surface area (Å²) in [7, 11) is 0. The van der Waals surface area contributed by atoms with Gasteiger partial charge in [-0.2, -0.15) is 0 Å². The highest BCUT2D eigenvalue weighted by Crippen LogP contribution is 2.35. The number of rotatable bonds is 4. The SMILES string of the molecule is CC1Cc2ccccc2C1NC(=O)NCC(O)c1c(F)cccc1F. The van der Waals surface area contributed by atoms with Crippen LogP contribution < -0.4 is 10.6 Å². The molecule has 3 rings (SSSR count). The van der Waals surface area contributed by atoms with Gasteiger partial charge in [0.15, 0.2) is 0 Å². The molecule has 6 heteroatoms. The van der Waals surface area contributed by atoms with Crippen molar-refractivity contribution in [2.75, 3.05) is 6.54 Å². The molecule has 0 saturated heterocycles. The van der Waals surface area contributed by atoms with Crippen LogP contribution in [0.4, 0.5) is 13.6 Å². The fourth-order valence-electron chi connectivity index (χ4n) is 3.33. The molecule has 0 aromatic heterocycles. The molecule has 1 aliphatic carbocycles. The quantitative estimate of drug-likeness (QED) is 0.796. The van der Waals surface area contributed by atoms with Crippen LogP contribution in [0.5, 0.6) is 0 Å². The first-order chi connectivity index (χ1) is 12.0. The fourth-order valence-corrected chi connectivity index (χ4v) is 3.33. The molecule has 0 fully saturated rings. The van der Waals surface area contributed by atoms with Gasteiger partial charge in [0, 0.05) is 6.54 Å². The Hall–Kier alpha value is -2.47. The maximum atomic E-state index is 13.6. The van der Waals surface area contributed by atoms with E-state index in [0.717, 1.165) is 24.1 Å². The summed E-state index contributed by atoms with van der Waals surface area (Å²) in [6.45, 7) is 1.76. The number of aliphatic hydroxyl groups excluding tert-OH is 1. The van der Waals surface area contributed by atoms with Crippen LogP contribution in [0.15, 0.2) is 42.5 Å². The van der Waals surface area contributed by atoms with Gasteiger partial charge in [-0.15, -0.1) is 0 Å². The molecule has 2 amide bonds. The van der Waals surface area contributed by atoms with Gasteiger partial charge in [-0.05, 0) is 35.6 Å². The van der Waals surface area contributed by atoms with Crippen molar-refractivity contribution in [2.24, 2.45) is 5.92 Å². The molecule has 0 bridgehead atoms. The van der Waals surface area contributed by atoms with E-state index in [-0.39, 0.29) is 18.5 Å². The second kappa shape index (κ2) is 7.19. The van der Waals surface area contributed by atoms with Crippen LogP contribution in [-0.4, -0.2) is 17.7 Å². The van der Waals surface area contributed by atoms with Gasteiger partial charge in [0.2, 0.25) is 0 Å². The first-order valence-corrected chi connectivity index (χ1v) is 8.21. The molecular formula is C19H20F2N2O2. The first-order valence-electron chi connectivity index (χ1n) is 8.21. The van der Waals surface area contributed by atoms with E-state index in [9.17, 15) is 18.7 Å². The molecule has 3 unspecified atom stereocenters. The number of aliphatic hydroxyl groups is 1. The predicted octanol–water partition coefficient (Wildman–Crippen LogP) is 3.23. The first kappa shape index (κ1) is 17.4. The third-order valence-electron chi connectivity index (χ3n) is 4.58. The van der Waals surface area contributed by atoms with E-state index >= 15 is 0 Å². The number of fused-ring (bicyclic) bond motifs is 1. The number of amides is 2. The molecule has 2 aromatic rings. The van der Waals surface area contributed by atoms with Crippen molar-refractivity contribution in [3.8, 4) is 0 Å². The second-order valence-corrected chi connectivity index (χ2v) is 6.36. The number of carbonyl (C=O) groups is 1. The Balaban J connectivity index is 1.60. The van der Waals surface area contributed by atoms with Crippen LogP contribution in [0.25, 0.3) is 0 Å². The average Bonchev–Trinajstić information content (AvgIpc) is 2.88. The van der Waals surface area contributed by atoms with Crippen LogP contribution in [-0.2, 0) is 6.42 Å². The normalized spacial score (nSPS) is 20.0. The summed E-state index contributed by atoms with van der Waals surface area (Å²) >= 11 is 0. The molecule has 0 spiro atoms. The van der Waals surface area contributed by atoms with E-state index < -0.39 is 29.3 Å². The summed E-state index contributed by atoms with van der Waals surface area (Å²) in [4.78, 5) is 12.1. The number of urea groups is 1. The van der Waals surface area contributed by atoms with Gasteiger partial charge in [-0.3, -0.25) is 0 Å². The van der Waals surface area contributed by atoms with Crippen LogP contribution in [0.1, 0.15) is 35.8 Å². The molecule has 0 heterocycles. The zero-order valence-electron chi connectivity index (χ0n) is 13.8. The topological polar surface area (TPSA) is 61.4 Å². The summed E-state index contributed by atoms with van der Waals surface area (Å²) in [6, 6.07) is 10.7. The van der Waals surface area contributed by atoms with Crippen molar-refractivity contribution in [2.45, 2.75) is 25.5 Å². The lowest BCUT2D eigenvalue weighted by Gasteiger charge is -2.20. The van der Waals surface area contributed by atoms with Crippen molar-refractivity contribution >= 4 is 6.03 Å². The number of nitrogens with one attached hydrogen (secondary N) is 2. The van der Waals surface area contributed by atoms with Gasteiger partial charge in [0.05, 0.1) is 11.6 Å². The highest BCUT2D eigenvalue weighted by Gasteiger charge is 2.30. The number of halogens is 2. The minimum absolute atomic E-state index is 0.126. The van der Waals surface area contributed by atoms with Gasteiger partial charge < -0.3 is 15.7 Å². The van der Waals surface area contributed by atoms with E-state index in [1.165, 1.54) is 11.6 Å². The van der Waals surface area contributed by atoms with Gasteiger partial charge in [0.1, 0.15) is 17.7 Å². The zero-order valence-corrected chi connectivity index (χ0v) is 13.8. The summed E-state index contributed by atoms with van der Waals surface area (Å²) in [6.07, 6.45) is -0.579. The fraction of sp³-hybridized carbons (Fsp3) is 0.316. The predicted molar refractivity (Wildman–Crippen MR) is 89.9 cm³/mol.